The molecular weight excluding hydrogens is 386 g/mol. The fourth-order valence-electron chi connectivity index (χ4n) is 4.97. The number of unbranched alkanes of at least 4 members (excludes halogenated alkanes) is 3. The summed E-state index contributed by atoms with van der Waals surface area (Å²) in [5, 5.41) is 19.6. The Balaban J connectivity index is 1.40. The Morgan fingerprint density at radius 3 is 2.35 bits per heavy atom. The lowest BCUT2D eigenvalue weighted by Gasteiger charge is -2.31. The van der Waals surface area contributed by atoms with Crippen molar-refractivity contribution in [2.75, 3.05) is 19.6 Å². The van der Waals surface area contributed by atoms with Gasteiger partial charge in [0.2, 0.25) is 0 Å². The maximum absolute atomic E-state index is 9.93. The van der Waals surface area contributed by atoms with Gasteiger partial charge in [-0.1, -0.05) is 31.4 Å². The van der Waals surface area contributed by atoms with Crippen molar-refractivity contribution in [2.45, 2.75) is 64.4 Å². The van der Waals surface area contributed by atoms with Crippen molar-refractivity contribution in [2.24, 2.45) is 0 Å². The van der Waals surface area contributed by atoms with Crippen molar-refractivity contribution in [3.05, 3.63) is 53.6 Å². The van der Waals surface area contributed by atoms with Crippen LogP contribution in [0.4, 0.5) is 0 Å². The molecule has 1 fully saturated rings. The first kappa shape index (κ1) is 21.8. The van der Waals surface area contributed by atoms with E-state index in [9.17, 15) is 10.2 Å². The number of ether oxygens (including phenoxy) is 1. The number of fused-ring (bicyclic) bond motifs is 1. The second-order valence-corrected chi connectivity index (χ2v) is 8.98. The molecule has 0 amide bonds. The molecule has 166 valence electrons. The van der Waals surface area contributed by atoms with E-state index >= 15 is 0 Å². The molecule has 31 heavy (non-hydrogen) atoms. The van der Waals surface area contributed by atoms with Gasteiger partial charge < -0.3 is 19.8 Å². The van der Waals surface area contributed by atoms with Crippen molar-refractivity contribution in [1.82, 2.24) is 4.90 Å². The Morgan fingerprint density at radius 2 is 1.58 bits per heavy atom. The van der Waals surface area contributed by atoms with Crippen LogP contribution in [0.1, 0.15) is 69.4 Å². The summed E-state index contributed by atoms with van der Waals surface area (Å²) < 4.78 is 6.39. The average molecular weight is 422 g/mol. The van der Waals surface area contributed by atoms with Crippen LogP contribution in [-0.2, 0) is 0 Å². The van der Waals surface area contributed by atoms with Crippen molar-refractivity contribution >= 4 is 11.1 Å². The lowest BCUT2D eigenvalue weighted by Crippen LogP contribution is -2.30. The molecule has 2 aliphatic rings. The second kappa shape index (κ2) is 10.2. The molecule has 1 saturated heterocycles. The molecule has 2 N–H and O–H groups in total. The van der Waals surface area contributed by atoms with Crippen LogP contribution in [0.3, 0.4) is 0 Å². The molecule has 1 atom stereocenters. The van der Waals surface area contributed by atoms with Gasteiger partial charge >= 0.3 is 0 Å². The highest BCUT2D eigenvalue weighted by Crippen LogP contribution is 2.43. The standard InChI is InChI=1S/C27H35NO3/c1-20-24-15-14-23(30)19-26(24)31-25(27(20)21-10-12-22(29)13-11-21)9-5-2-3-6-16-28-17-7-4-8-18-28/h10-15,19,25,29-30H,2-9,16-18H2,1H3. The van der Waals surface area contributed by atoms with Gasteiger partial charge in [-0.25, -0.2) is 0 Å². The van der Waals surface area contributed by atoms with Crippen LogP contribution >= 0.6 is 0 Å². The van der Waals surface area contributed by atoms with Gasteiger partial charge in [0.1, 0.15) is 23.4 Å². The Bertz CT molecular complexity index is 897. The van der Waals surface area contributed by atoms with Gasteiger partial charge in [-0.2, -0.15) is 0 Å². The molecule has 2 heterocycles. The van der Waals surface area contributed by atoms with Crippen LogP contribution in [0.2, 0.25) is 0 Å². The molecule has 0 aromatic heterocycles. The lowest BCUT2D eigenvalue weighted by atomic mass is 9.87. The predicted octanol–water partition coefficient (Wildman–Crippen LogP) is 6.23. The third-order valence-corrected chi connectivity index (χ3v) is 6.68. The summed E-state index contributed by atoms with van der Waals surface area (Å²) in [6, 6.07) is 12.8. The van der Waals surface area contributed by atoms with E-state index in [2.05, 4.69) is 11.8 Å². The fourth-order valence-corrected chi connectivity index (χ4v) is 4.97. The Morgan fingerprint density at radius 1 is 0.871 bits per heavy atom. The summed E-state index contributed by atoms with van der Waals surface area (Å²) in [4.78, 5) is 2.62. The fraction of sp³-hybridized carbons (Fsp3) is 0.481. The highest BCUT2D eigenvalue weighted by molar-refractivity contribution is 5.95. The van der Waals surface area contributed by atoms with Crippen LogP contribution < -0.4 is 4.74 Å². The van der Waals surface area contributed by atoms with Gasteiger partial charge in [0.05, 0.1) is 0 Å². The number of nitrogens with zero attached hydrogens (tertiary/aromatic N) is 1. The van der Waals surface area contributed by atoms with Crippen LogP contribution in [-0.4, -0.2) is 40.9 Å². The topological polar surface area (TPSA) is 52.9 Å². The quantitative estimate of drug-likeness (QED) is 0.496. The summed E-state index contributed by atoms with van der Waals surface area (Å²) in [5.74, 6) is 1.26. The maximum atomic E-state index is 9.93. The van der Waals surface area contributed by atoms with E-state index < -0.39 is 0 Å². The normalized spacial score (nSPS) is 19.2. The van der Waals surface area contributed by atoms with Gasteiger partial charge in [-0.3, -0.25) is 0 Å². The van der Waals surface area contributed by atoms with E-state index in [4.69, 9.17) is 4.74 Å². The highest BCUT2D eigenvalue weighted by atomic mass is 16.5. The Kier molecular flexibility index (Phi) is 7.18. The molecule has 0 radical (unpaired) electrons. The van der Waals surface area contributed by atoms with E-state index in [0.29, 0.717) is 0 Å². The zero-order chi connectivity index (χ0) is 21.6. The van der Waals surface area contributed by atoms with Gasteiger partial charge in [-0.05, 0) is 94.1 Å². The van der Waals surface area contributed by atoms with E-state index in [1.807, 2.05) is 18.2 Å². The van der Waals surface area contributed by atoms with Crippen molar-refractivity contribution < 1.29 is 14.9 Å². The van der Waals surface area contributed by atoms with Crippen LogP contribution in [0, 0.1) is 0 Å². The Hall–Kier alpha value is -2.46. The number of phenolic OH excluding ortho intramolecular Hbond substituents is 2. The minimum atomic E-state index is -0.0408. The van der Waals surface area contributed by atoms with E-state index in [1.54, 1.807) is 24.3 Å². The summed E-state index contributed by atoms with van der Waals surface area (Å²) in [5.41, 5.74) is 4.48. The number of rotatable bonds is 8. The predicted molar refractivity (Wildman–Crippen MR) is 126 cm³/mol. The van der Waals surface area contributed by atoms with E-state index in [0.717, 1.165) is 29.7 Å². The first-order valence-electron chi connectivity index (χ1n) is 11.8. The zero-order valence-corrected chi connectivity index (χ0v) is 18.6. The molecule has 2 aromatic carbocycles. The molecule has 0 aliphatic carbocycles. The first-order valence-corrected chi connectivity index (χ1v) is 11.8. The van der Waals surface area contributed by atoms with Crippen LogP contribution in [0.15, 0.2) is 42.5 Å². The minimum absolute atomic E-state index is 0.0408. The first-order chi connectivity index (χ1) is 15.1. The van der Waals surface area contributed by atoms with Gasteiger partial charge in [-0.15, -0.1) is 0 Å². The van der Waals surface area contributed by atoms with Crippen molar-refractivity contribution in [3.63, 3.8) is 0 Å². The summed E-state index contributed by atoms with van der Waals surface area (Å²) in [6.07, 6.45) is 9.90. The molecule has 0 saturated carbocycles. The summed E-state index contributed by atoms with van der Waals surface area (Å²) >= 11 is 0. The van der Waals surface area contributed by atoms with Crippen LogP contribution in [0.5, 0.6) is 17.2 Å². The number of hydrogen-bond donors (Lipinski definition) is 2. The third kappa shape index (κ3) is 5.43. The van der Waals surface area contributed by atoms with E-state index in [-0.39, 0.29) is 17.6 Å². The molecular formula is C27H35NO3. The molecule has 1 unspecified atom stereocenters. The van der Waals surface area contributed by atoms with Crippen molar-refractivity contribution in [1.29, 1.82) is 0 Å². The average Bonchev–Trinajstić information content (AvgIpc) is 2.78. The maximum Gasteiger partial charge on any atom is 0.131 e. The van der Waals surface area contributed by atoms with Gasteiger partial charge in [0, 0.05) is 17.2 Å². The SMILES string of the molecule is CC1=C(c2ccc(O)cc2)C(CCCCCCN2CCCCC2)Oc2cc(O)ccc21. The number of benzene rings is 2. The molecule has 2 aromatic rings. The van der Waals surface area contributed by atoms with Gasteiger partial charge in [0.15, 0.2) is 0 Å². The largest absolute Gasteiger partial charge is 0.508 e. The molecule has 4 heteroatoms. The summed E-state index contributed by atoms with van der Waals surface area (Å²) in [6.45, 7) is 5.93. The molecule has 0 bridgehead atoms. The molecule has 0 spiro atoms. The number of allylic oxidation sites excluding steroid dienone is 1. The smallest absolute Gasteiger partial charge is 0.131 e. The molecule has 4 nitrogen and oxygen atoms in total. The summed E-state index contributed by atoms with van der Waals surface area (Å²) in [7, 11) is 0. The van der Waals surface area contributed by atoms with Crippen molar-refractivity contribution in [3.8, 4) is 17.2 Å². The third-order valence-electron chi connectivity index (χ3n) is 6.68. The second-order valence-electron chi connectivity index (χ2n) is 8.98. The zero-order valence-electron chi connectivity index (χ0n) is 18.6. The minimum Gasteiger partial charge on any atom is -0.508 e. The van der Waals surface area contributed by atoms with Gasteiger partial charge in [0.25, 0.3) is 0 Å². The number of hydrogen-bond acceptors (Lipinski definition) is 4. The monoisotopic (exact) mass is 421 g/mol. The lowest BCUT2D eigenvalue weighted by molar-refractivity contribution is 0.221. The highest BCUT2D eigenvalue weighted by Gasteiger charge is 2.27. The number of aromatic hydroxyl groups is 2. The molecule has 2 aliphatic heterocycles. The van der Waals surface area contributed by atoms with E-state index in [1.165, 1.54) is 69.3 Å². The molecule has 4 rings (SSSR count). The Labute approximate surface area is 186 Å². The van der Waals surface area contributed by atoms with Crippen LogP contribution in [0.25, 0.3) is 11.1 Å². The number of piperidine rings is 1. The number of likely N-dealkylation sites (tertiary alicyclic amines) is 1. The number of phenols is 2.